The highest BCUT2D eigenvalue weighted by Crippen LogP contribution is 2.25. The number of rotatable bonds is 10. The fraction of sp³-hybridized carbons (Fsp3) is 0.348. The second-order valence-electron chi connectivity index (χ2n) is 7.09. The lowest BCUT2D eigenvalue weighted by atomic mass is 9.82. The molecule has 0 fully saturated rings. The molecule has 2 rings (SSSR count). The van der Waals surface area contributed by atoms with Crippen molar-refractivity contribution in [3.8, 4) is 0 Å². The minimum absolute atomic E-state index is 0.0145. The van der Waals surface area contributed by atoms with Gasteiger partial charge >= 0.3 is 5.97 Å². The van der Waals surface area contributed by atoms with Gasteiger partial charge in [-0.25, -0.2) is 0 Å². The number of amides is 2. The summed E-state index contributed by atoms with van der Waals surface area (Å²) in [4.78, 5) is 37.2. The van der Waals surface area contributed by atoms with Crippen molar-refractivity contribution in [3.63, 3.8) is 0 Å². The van der Waals surface area contributed by atoms with E-state index in [-0.39, 0.29) is 12.5 Å². The van der Waals surface area contributed by atoms with Gasteiger partial charge in [0.2, 0.25) is 5.91 Å². The Morgan fingerprint density at radius 1 is 0.931 bits per heavy atom. The lowest BCUT2D eigenvalue weighted by Gasteiger charge is -2.28. The Labute approximate surface area is 171 Å². The number of carboxylic acids is 1. The molecule has 6 heteroatoms. The van der Waals surface area contributed by atoms with Crippen molar-refractivity contribution in [3.05, 3.63) is 71.8 Å². The number of carbonyl (C=O) groups is 3. The van der Waals surface area contributed by atoms with Gasteiger partial charge in [-0.15, -0.1) is 0 Å². The number of carbonyl (C=O) groups excluding carboxylic acids is 2. The molecular formula is C23H28N2O4. The molecule has 0 bridgehead atoms. The largest absolute Gasteiger partial charge is 0.481 e. The van der Waals surface area contributed by atoms with E-state index < -0.39 is 23.3 Å². The van der Waals surface area contributed by atoms with Gasteiger partial charge < -0.3 is 15.7 Å². The molecule has 1 unspecified atom stereocenters. The lowest BCUT2D eigenvalue weighted by molar-refractivity contribution is -0.149. The van der Waals surface area contributed by atoms with Crippen LogP contribution in [0.4, 0.5) is 0 Å². The number of nitrogens with one attached hydrogen (secondary N) is 2. The molecule has 0 aliphatic heterocycles. The second-order valence-corrected chi connectivity index (χ2v) is 7.09. The van der Waals surface area contributed by atoms with Gasteiger partial charge in [-0.1, -0.05) is 62.4 Å². The first-order valence-electron chi connectivity index (χ1n) is 9.82. The summed E-state index contributed by atoms with van der Waals surface area (Å²) in [5.74, 6) is -1.68. The summed E-state index contributed by atoms with van der Waals surface area (Å²) in [5.41, 5.74) is 0.341. The number of aliphatic carboxylic acids is 1. The summed E-state index contributed by atoms with van der Waals surface area (Å²) in [6.45, 7) is 3.60. The van der Waals surface area contributed by atoms with E-state index >= 15 is 0 Å². The third-order valence-corrected chi connectivity index (χ3v) is 5.35. The first kappa shape index (κ1) is 22.1. The molecule has 0 radical (unpaired) electrons. The molecule has 2 aromatic rings. The van der Waals surface area contributed by atoms with E-state index in [1.54, 1.807) is 38.1 Å². The number of benzene rings is 2. The third-order valence-electron chi connectivity index (χ3n) is 5.35. The fourth-order valence-electron chi connectivity index (χ4n) is 3.15. The van der Waals surface area contributed by atoms with Crippen molar-refractivity contribution in [2.24, 2.45) is 5.41 Å². The van der Waals surface area contributed by atoms with Gasteiger partial charge in [-0.3, -0.25) is 14.4 Å². The maximum Gasteiger partial charge on any atom is 0.311 e. The highest BCUT2D eigenvalue weighted by Gasteiger charge is 2.36. The van der Waals surface area contributed by atoms with Crippen molar-refractivity contribution in [2.45, 2.75) is 39.2 Å². The smallest absolute Gasteiger partial charge is 0.311 e. The molecule has 0 aromatic heterocycles. The van der Waals surface area contributed by atoms with Crippen molar-refractivity contribution in [2.75, 3.05) is 6.54 Å². The average Bonchev–Trinajstić information content (AvgIpc) is 2.75. The predicted molar refractivity (Wildman–Crippen MR) is 112 cm³/mol. The second kappa shape index (κ2) is 10.4. The summed E-state index contributed by atoms with van der Waals surface area (Å²) in [6.07, 6.45) is 1.11. The van der Waals surface area contributed by atoms with E-state index in [4.69, 9.17) is 0 Å². The predicted octanol–water partition coefficient (Wildman–Crippen LogP) is 3.03. The van der Waals surface area contributed by atoms with Gasteiger partial charge in [0.05, 0.1) is 5.41 Å². The molecule has 6 nitrogen and oxygen atoms in total. The van der Waals surface area contributed by atoms with Crippen molar-refractivity contribution < 1.29 is 19.5 Å². The molecule has 3 N–H and O–H groups in total. The van der Waals surface area contributed by atoms with Crippen LogP contribution < -0.4 is 10.6 Å². The van der Waals surface area contributed by atoms with Gasteiger partial charge in [0.25, 0.3) is 5.91 Å². The van der Waals surface area contributed by atoms with E-state index in [9.17, 15) is 19.5 Å². The van der Waals surface area contributed by atoms with E-state index in [1.165, 1.54) is 0 Å². The van der Waals surface area contributed by atoms with Crippen molar-refractivity contribution in [1.29, 1.82) is 0 Å². The molecular weight excluding hydrogens is 368 g/mol. The van der Waals surface area contributed by atoms with Crippen LogP contribution in [0.3, 0.4) is 0 Å². The molecule has 154 valence electrons. The number of hydrogen-bond donors (Lipinski definition) is 3. The summed E-state index contributed by atoms with van der Waals surface area (Å²) in [6, 6.07) is 17.2. The fourth-order valence-corrected chi connectivity index (χ4v) is 3.15. The Morgan fingerprint density at radius 2 is 1.48 bits per heavy atom. The highest BCUT2D eigenvalue weighted by molar-refractivity contribution is 5.97. The van der Waals surface area contributed by atoms with Gasteiger partial charge in [0.15, 0.2) is 0 Å². The molecule has 2 amide bonds. The third kappa shape index (κ3) is 5.91. The number of hydrogen-bond acceptors (Lipinski definition) is 3. The monoisotopic (exact) mass is 396 g/mol. The maximum absolute atomic E-state index is 12.9. The maximum atomic E-state index is 12.9. The van der Waals surface area contributed by atoms with Crippen LogP contribution in [0.1, 0.15) is 42.6 Å². The standard InChI is InChI=1S/C23H28N2O4/c1-3-23(4-2,22(28)29)16-24-21(27)19(15-17-11-7-5-8-12-17)25-20(26)18-13-9-6-10-14-18/h5-14,19H,3-4,15-16H2,1-2H3,(H,24,27)(H,25,26)(H,28,29). The Morgan fingerprint density at radius 3 is 2.00 bits per heavy atom. The zero-order chi connectivity index (χ0) is 21.3. The minimum atomic E-state index is -1.02. The van der Waals surface area contributed by atoms with Crippen LogP contribution in [-0.4, -0.2) is 35.5 Å². The zero-order valence-electron chi connectivity index (χ0n) is 16.9. The molecule has 0 saturated heterocycles. The summed E-state index contributed by atoms with van der Waals surface area (Å²) < 4.78 is 0. The van der Waals surface area contributed by atoms with Gasteiger partial charge in [-0.05, 0) is 30.5 Å². The Balaban J connectivity index is 2.16. The SMILES string of the molecule is CCC(CC)(CNC(=O)C(Cc1ccccc1)NC(=O)c1ccccc1)C(=O)O. The number of carboxylic acid groups (broad SMARTS) is 1. The quantitative estimate of drug-likeness (QED) is 0.575. The summed E-state index contributed by atoms with van der Waals surface area (Å²) in [5, 5.41) is 15.1. The molecule has 1 atom stereocenters. The Hall–Kier alpha value is -3.15. The van der Waals surface area contributed by atoms with Crippen molar-refractivity contribution in [1.82, 2.24) is 10.6 Å². The van der Waals surface area contributed by atoms with E-state index in [1.807, 2.05) is 36.4 Å². The van der Waals surface area contributed by atoms with Crippen LogP contribution in [0.15, 0.2) is 60.7 Å². The van der Waals surface area contributed by atoms with Crippen LogP contribution in [-0.2, 0) is 16.0 Å². The van der Waals surface area contributed by atoms with Gasteiger partial charge in [0, 0.05) is 18.5 Å². The van der Waals surface area contributed by atoms with Crippen LogP contribution in [0, 0.1) is 5.41 Å². The summed E-state index contributed by atoms with van der Waals surface area (Å²) >= 11 is 0. The Kier molecular flexibility index (Phi) is 7.95. The first-order valence-corrected chi connectivity index (χ1v) is 9.82. The van der Waals surface area contributed by atoms with Crippen LogP contribution in [0.25, 0.3) is 0 Å². The van der Waals surface area contributed by atoms with E-state index in [2.05, 4.69) is 10.6 Å². The van der Waals surface area contributed by atoms with Crippen LogP contribution >= 0.6 is 0 Å². The molecule has 0 aliphatic rings. The van der Waals surface area contributed by atoms with Crippen LogP contribution in [0.2, 0.25) is 0 Å². The highest BCUT2D eigenvalue weighted by atomic mass is 16.4. The normalized spacial score (nSPS) is 12.1. The lowest BCUT2D eigenvalue weighted by Crippen LogP contribution is -2.51. The van der Waals surface area contributed by atoms with Crippen LogP contribution in [0.5, 0.6) is 0 Å². The Bertz CT molecular complexity index is 817. The molecule has 0 heterocycles. The van der Waals surface area contributed by atoms with Gasteiger partial charge in [-0.2, -0.15) is 0 Å². The molecule has 0 aliphatic carbocycles. The molecule has 0 saturated carbocycles. The molecule has 29 heavy (non-hydrogen) atoms. The average molecular weight is 396 g/mol. The van der Waals surface area contributed by atoms with Crippen molar-refractivity contribution >= 4 is 17.8 Å². The first-order chi connectivity index (χ1) is 13.9. The van der Waals surface area contributed by atoms with Gasteiger partial charge in [0.1, 0.15) is 6.04 Å². The van der Waals surface area contributed by atoms with E-state index in [0.717, 1.165) is 5.56 Å². The van der Waals surface area contributed by atoms with E-state index in [0.29, 0.717) is 24.8 Å². The topological polar surface area (TPSA) is 95.5 Å². The molecule has 0 spiro atoms. The summed E-state index contributed by atoms with van der Waals surface area (Å²) in [7, 11) is 0. The minimum Gasteiger partial charge on any atom is -0.481 e. The molecule has 2 aromatic carbocycles. The zero-order valence-corrected chi connectivity index (χ0v) is 16.9.